The first-order valence-corrected chi connectivity index (χ1v) is 9.63. The number of nitrogens with one attached hydrogen (secondary N) is 2. The number of H-pyrrole nitrogens is 2. The van der Waals surface area contributed by atoms with Crippen molar-refractivity contribution in [2.75, 3.05) is 13.1 Å². The van der Waals surface area contributed by atoms with Gasteiger partial charge in [0, 0.05) is 42.0 Å². The Balaban J connectivity index is 1.50. The Bertz CT molecular complexity index is 1070. The fraction of sp³-hybridized carbons (Fsp3) is 0.333. The lowest BCUT2D eigenvalue weighted by Crippen LogP contribution is -2.40. The van der Waals surface area contributed by atoms with E-state index in [1.807, 2.05) is 0 Å². The molecular weight excluding hydrogens is 373 g/mol. The Labute approximate surface area is 167 Å². The van der Waals surface area contributed by atoms with Crippen LogP contribution in [0.5, 0.6) is 0 Å². The van der Waals surface area contributed by atoms with Gasteiger partial charge in [-0.05, 0) is 37.5 Å². The van der Waals surface area contributed by atoms with E-state index < -0.39 is 0 Å². The van der Waals surface area contributed by atoms with Crippen molar-refractivity contribution >= 4 is 5.91 Å². The maximum absolute atomic E-state index is 13.3. The fourth-order valence-electron chi connectivity index (χ4n) is 3.82. The number of rotatable bonds is 4. The summed E-state index contributed by atoms with van der Waals surface area (Å²) in [5.41, 5.74) is 2.85. The molecule has 0 radical (unpaired) electrons. The van der Waals surface area contributed by atoms with Crippen LogP contribution in [0.3, 0.4) is 0 Å². The number of amides is 1. The number of benzene rings is 1. The normalized spacial score (nSPS) is 16.8. The molecule has 4 rings (SSSR count). The van der Waals surface area contributed by atoms with Gasteiger partial charge < -0.3 is 9.88 Å². The van der Waals surface area contributed by atoms with Gasteiger partial charge >= 0.3 is 0 Å². The summed E-state index contributed by atoms with van der Waals surface area (Å²) in [6.07, 6.45) is 5.02. The molecule has 1 aromatic carbocycles. The van der Waals surface area contributed by atoms with Gasteiger partial charge in [-0.25, -0.2) is 9.37 Å². The van der Waals surface area contributed by atoms with Crippen LogP contribution in [0.25, 0.3) is 11.1 Å². The molecule has 2 aromatic heterocycles. The van der Waals surface area contributed by atoms with Gasteiger partial charge in [0.05, 0.1) is 12.6 Å². The first kappa shape index (κ1) is 19.0. The molecule has 2 N–H and O–H groups in total. The lowest BCUT2D eigenvalue weighted by molar-refractivity contribution is -0.131. The van der Waals surface area contributed by atoms with Gasteiger partial charge in [-0.3, -0.25) is 14.7 Å². The van der Waals surface area contributed by atoms with E-state index in [4.69, 9.17) is 0 Å². The maximum atomic E-state index is 13.3. The predicted molar refractivity (Wildman–Crippen MR) is 106 cm³/mol. The summed E-state index contributed by atoms with van der Waals surface area (Å²) in [7, 11) is 0. The Hall–Kier alpha value is -3.29. The topological polar surface area (TPSA) is 94.7 Å². The largest absolute Gasteiger partial charge is 0.342 e. The molecule has 1 atom stereocenters. The van der Waals surface area contributed by atoms with E-state index in [1.165, 1.54) is 18.3 Å². The van der Waals surface area contributed by atoms with Gasteiger partial charge in [-0.15, -0.1) is 0 Å². The van der Waals surface area contributed by atoms with Crippen molar-refractivity contribution in [3.8, 4) is 11.1 Å². The summed E-state index contributed by atoms with van der Waals surface area (Å²) in [4.78, 5) is 33.3. The Morgan fingerprint density at radius 2 is 2.07 bits per heavy atom. The summed E-state index contributed by atoms with van der Waals surface area (Å²) in [6, 6.07) is 6.31. The number of hydrogen-bond donors (Lipinski definition) is 2. The van der Waals surface area contributed by atoms with Crippen molar-refractivity contribution in [2.45, 2.75) is 32.1 Å². The lowest BCUT2D eigenvalue weighted by atomic mass is 9.90. The van der Waals surface area contributed by atoms with Crippen LogP contribution in [0.15, 0.2) is 41.5 Å². The average Bonchev–Trinajstić information content (AvgIpc) is 3.20. The molecule has 8 heteroatoms. The van der Waals surface area contributed by atoms with Crippen LogP contribution in [-0.2, 0) is 11.2 Å². The Morgan fingerprint density at radius 1 is 1.28 bits per heavy atom. The van der Waals surface area contributed by atoms with E-state index in [9.17, 15) is 14.0 Å². The first-order valence-electron chi connectivity index (χ1n) is 9.63. The van der Waals surface area contributed by atoms with E-state index >= 15 is 0 Å². The molecule has 1 fully saturated rings. The van der Waals surface area contributed by atoms with E-state index in [1.54, 1.807) is 30.2 Å². The van der Waals surface area contributed by atoms with Gasteiger partial charge in [0.1, 0.15) is 11.6 Å². The molecule has 150 valence electrons. The zero-order valence-electron chi connectivity index (χ0n) is 16.1. The number of aryl methyl sites for hydroxylation is 1. The van der Waals surface area contributed by atoms with Crippen LogP contribution in [0.1, 0.15) is 35.8 Å². The van der Waals surface area contributed by atoms with Crippen molar-refractivity contribution in [3.63, 3.8) is 0 Å². The predicted octanol–water partition coefficient (Wildman–Crippen LogP) is 2.56. The molecule has 1 aliphatic rings. The van der Waals surface area contributed by atoms with Gasteiger partial charge in [0.2, 0.25) is 5.91 Å². The van der Waals surface area contributed by atoms with Crippen LogP contribution in [0, 0.1) is 12.7 Å². The van der Waals surface area contributed by atoms with Crippen LogP contribution < -0.4 is 5.56 Å². The monoisotopic (exact) mass is 395 g/mol. The number of hydrogen-bond acceptors (Lipinski definition) is 4. The molecule has 0 spiro atoms. The molecule has 0 bridgehead atoms. The van der Waals surface area contributed by atoms with Crippen LogP contribution >= 0.6 is 0 Å². The number of likely N-dealkylation sites (tertiary alicyclic amines) is 1. The molecule has 1 amide bonds. The second kappa shape index (κ2) is 7.98. The molecule has 29 heavy (non-hydrogen) atoms. The van der Waals surface area contributed by atoms with E-state index in [0.717, 1.165) is 29.7 Å². The highest BCUT2D eigenvalue weighted by atomic mass is 19.1. The van der Waals surface area contributed by atoms with Crippen molar-refractivity contribution in [3.05, 3.63) is 69.9 Å². The van der Waals surface area contributed by atoms with Crippen molar-refractivity contribution in [1.29, 1.82) is 0 Å². The molecule has 0 aliphatic carbocycles. The molecule has 3 heterocycles. The van der Waals surface area contributed by atoms with Crippen molar-refractivity contribution < 1.29 is 9.18 Å². The van der Waals surface area contributed by atoms with Crippen LogP contribution in [0.4, 0.5) is 4.39 Å². The van der Waals surface area contributed by atoms with Crippen LogP contribution in [-0.4, -0.2) is 44.1 Å². The number of carbonyl (C=O) groups is 1. The summed E-state index contributed by atoms with van der Waals surface area (Å²) < 4.78 is 13.3. The van der Waals surface area contributed by atoms with Crippen molar-refractivity contribution in [1.82, 2.24) is 25.1 Å². The minimum absolute atomic E-state index is 0.0309. The zero-order chi connectivity index (χ0) is 20.4. The third-order valence-corrected chi connectivity index (χ3v) is 5.35. The van der Waals surface area contributed by atoms with E-state index in [0.29, 0.717) is 24.5 Å². The Kier molecular flexibility index (Phi) is 5.24. The second-order valence-corrected chi connectivity index (χ2v) is 7.38. The number of nitrogens with zero attached hydrogens (tertiary/aromatic N) is 3. The minimum atomic E-state index is -0.284. The molecule has 0 unspecified atom stereocenters. The number of aromatic amines is 2. The van der Waals surface area contributed by atoms with Crippen LogP contribution in [0.2, 0.25) is 0 Å². The summed E-state index contributed by atoms with van der Waals surface area (Å²) in [5.74, 6) is 0.254. The smallest absolute Gasteiger partial charge is 0.254 e. The lowest BCUT2D eigenvalue weighted by Gasteiger charge is -2.32. The first-order chi connectivity index (χ1) is 14.0. The molecular formula is C21H22FN5O2. The number of piperidine rings is 1. The Morgan fingerprint density at radius 3 is 2.83 bits per heavy atom. The maximum Gasteiger partial charge on any atom is 0.254 e. The van der Waals surface area contributed by atoms with E-state index in [2.05, 4.69) is 20.2 Å². The second-order valence-electron chi connectivity index (χ2n) is 7.38. The van der Waals surface area contributed by atoms with Gasteiger partial charge in [0.25, 0.3) is 5.56 Å². The van der Waals surface area contributed by atoms with Gasteiger partial charge in [-0.2, -0.15) is 5.10 Å². The number of carbonyl (C=O) groups excluding carboxylic acids is 1. The van der Waals surface area contributed by atoms with Crippen molar-refractivity contribution in [2.24, 2.45) is 0 Å². The SMILES string of the molecule is Cc1ncc(CC(=O)N2CCC[C@@H](c3[nH]ncc3-c3ccc(F)cc3)C2)c(=O)[nH]1. The highest BCUT2D eigenvalue weighted by Crippen LogP contribution is 2.33. The fourth-order valence-corrected chi connectivity index (χ4v) is 3.82. The summed E-state index contributed by atoms with van der Waals surface area (Å²) in [6.45, 7) is 2.91. The summed E-state index contributed by atoms with van der Waals surface area (Å²) in [5, 5.41) is 7.24. The van der Waals surface area contributed by atoms with E-state index in [-0.39, 0.29) is 29.6 Å². The highest BCUT2D eigenvalue weighted by molar-refractivity contribution is 5.79. The van der Waals surface area contributed by atoms with Gasteiger partial charge in [-0.1, -0.05) is 12.1 Å². The quantitative estimate of drug-likeness (QED) is 0.710. The molecule has 0 saturated carbocycles. The van der Waals surface area contributed by atoms with Gasteiger partial charge in [0.15, 0.2) is 0 Å². The number of halogens is 1. The third kappa shape index (κ3) is 4.11. The molecule has 1 aliphatic heterocycles. The molecule has 3 aromatic rings. The standard InChI is InChI=1S/C21H22FN5O2/c1-13-23-10-16(21(29)25-13)9-19(28)27-8-2-3-15(12-27)20-18(11-24-26-20)14-4-6-17(22)7-5-14/h4-7,10-11,15H,2-3,8-9,12H2,1H3,(H,24,26)(H,23,25,29)/t15-/m1/s1. The summed E-state index contributed by atoms with van der Waals surface area (Å²) >= 11 is 0. The third-order valence-electron chi connectivity index (χ3n) is 5.35. The molecule has 7 nitrogen and oxygen atoms in total. The minimum Gasteiger partial charge on any atom is -0.342 e. The highest BCUT2D eigenvalue weighted by Gasteiger charge is 2.28. The molecule has 1 saturated heterocycles. The zero-order valence-corrected chi connectivity index (χ0v) is 16.1. The average molecular weight is 395 g/mol. The number of aromatic nitrogens is 4.